The van der Waals surface area contributed by atoms with Gasteiger partial charge in [0.1, 0.15) is 12.3 Å². The molecule has 0 radical (unpaired) electrons. The van der Waals surface area contributed by atoms with E-state index in [0.717, 1.165) is 17.5 Å². The summed E-state index contributed by atoms with van der Waals surface area (Å²) in [6.07, 6.45) is 0.835. The lowest BCUT2D eigenvalue weighted by Crippen LogP contribution is -2.28. The third-order valence-electron chi connectivity index (χ3n) is 2.49. The molecule has 92 valence electrons. The zero-order valence-electron chi connectivity index (χ0n) is 9.64. The number of hydrogen-bond donors (Lipinski definition) is 2. The molecule has 0 aliphatic rings. The Bertz CT molecular complexity index is 516. The highest BCUT2D eigenvalue weighted by molar-refractivity contribution is 6.30. The molecule has 0 spiro atoms. The summed E-state index contributed by atoms with van der Waals surface area (Å²) < 4.78 is 0. The number of hydrazine groups is 1. The number of hydrogen-bond acceptors (Lipinski definition) is 3. The summed E-state index contributed by atoms with van der Waals surface area (Å²) in [7, 11) is 0. The van der Waals surface area contributed by atoms with Crippen LogP contribution in [0.4, 0.5) is 5.69 Å². The van der Waals surface area contributed by atoms with Gasteiger partial charge in [-0.25, -0.2) is 5.43 Å². The Morgan fingerprint density at radius 3 is 2.50 bits per heavy atom. The van der Waals surface area contributed by atoms with E-state index in [-0.39, 0.29) is 0 Å². The molecular formula is C14H13ClN2O. The van der Waals surface area contributed by atoms with E-state index in [2.05, 4.69) is 10.9 Å². The second kappa shape index (κ2) is 6.19. The van der Waals surface area contributed by atoms with Gasteiger partial charge in [0.2, 0.25) is 0 Å². The second-order valence-electron chi connectivity index (χ2n) is 3.80. The SMILES string of the molecule is O=CC(NNc1ccccc1)c1cccc(Cl)c1. The molecule has 2 N–H and O–H groups in total. The lowest BCUT2D eigenvalue weighted by atomic mass is 10.1. The van der Waals surface area contributed by atoms with Gasteiger partial charge in [0, 0.05) is 10.7 Å². The monoisotopic (exact) mass is 260 g/mol. The first-order valence-corrected chi connectivity index (χ1v) is 5.95. The van der Waals surface area contributed by atoms with Crippen LogP contribution in [0.15, 0.2) is 54.6 Å². The second-order valence-corrected chi connectivity index (χ2v) is 4.24. The fraction of sp³-hybridized carbons (Fsp3) is 0.0714. The number of aldehydes is 1. The van der Waals surface area contributed by atoms with Gasteiger partial charge in [0.25, 0.3) is 0 Å². The zero-order valence-corrected chi connectivity index (χ0v) is 10.4. The molecule has 1 atom stereocenters. The molecule has 0 saturated carbocycles. The minimum absolute atomic E-state index is 0.441. The van der Waals surface area contributed by atoms with Crippen LogP contribution in [0, 0.1) is 0 Å². The molecule has 3 nitrogen and oxygen atoms in total. The van der Waals surface area contributed by atoms with Crippen LogP contribution in [0.5, 0.6) is 0 Å². The van der Waals surface area contributed by atoms with Crippen LogP contribution >= 0.6 is 11.6 Å². The van der Waals surface area contributed by atoms with Crippen molar-refractivity contribution in [1.29, 1.82) is 0 Å². The number of para-hydroxylation sites is 1. The van der Waals surface area contributed by atoms with E-state index in [4.69, 9.17) is 11.6 Å². The number of anilines is 1. The first-order valence-electron chi connectivity index (χ1n) is 5.57. The highest BCUT2D eigenvalue weighted by Crippen LogP contribution is 2.16. The van der Waals surface area contributed by atoms with Crippen LogP contribution in [-0.4, -0.2) is 6.29 Å². The van der Waals surface area contributed by atoms with Crippen molar-refractivity contribution in [2.75, 3.05) is 5.43 Å². The Kier molecular flexibility index (Phi) is 4.34. The summed E-state index contributed by atoms with van der Waals surface area (Å²) in [5.74, 6) is 0. The van der Waals surface area contributed by atoms with E-state index in [1.165, 1.54) is 0 Å². The van der Waals surface area contributed by atoms with E-state index < -0.39 is 6.04 Å². The average molecular weight is 261 g/mol. The Morgan fingerprint density at radius 2 is 1.83 bits per heavy atom. The fourth-order valence-electron chi connectivity index (χ4n) is 1.58. The molecule has 0 saturated heterocycles. The van der Waals surface area contributed by atoms with Crippen molar-refractivity contribution in [3.63, 3.8) is 0 Å². The molecule has 0 aliphatic heterocycles. The number of benzene rings is 2. The largest absolute Gasteiger partial charge is 0.321 e. The molecule has 2 aromatic rings. The minimum atomic E-state index is -0.441. The van der Waals surface area contributed by atoms with Gasteiger partial charge in [-0.2, -0.15) is 0 Å². The van der Waals surface area contributed by atoms with Gasteiger partial charge < -0.3 is 10.2 Å². The molecule has 0 fully saturated rings. The van der Waals surface area contributed by atoms with Crippen molar-refractivity contribution in [2.45, 2.75) is 6.04 Å². The number of rotatable bonds is 5. The van der Waals surface area contributed by atoms with Crippen LogP contribution < -0.4 is 10.9 Å². The third kappa shape index (κ3) is 3.32. The normalized spacial score (nSPS) is 11.8. The third-order valence-corrected chi connectivity index (χ3v) is 2.72. The fourth-order valence-corrected chi connectivity index (χ4v) is 1.78. The van der Waals surface area contributed by atoms with Gasteiger partial charge >= 0.3 is 0 Å². The summed E-state index contributed by atoms with van der Waals surface area (Å²) >= 11 is 5.90. The summed E-state index contributed by atoms with van der Waals surface area (Å²) in [5, 5.41) is 0.612. The molecule has 4 heteroatoms. The quantitative estimate of drug-likeness (QED) is 0.641. The standard InChI is InChI=1S/C14H13ClN2O/c15-12-6-4-5-11(9-12)14(10-18)17-16-13-7-2-1-3-8-13/h1-10,14,16-17H. The van der Waals surface area contributed by atoms with Crippen molar-refractivity contribution in [3.05, 3.63) is 65.2 Å². The topological polar surface area (TPSA) is 41.1 Å². The number of halogens is 1. The smallest absolute Gasteiger partial charge is 0.143 e. The predicted octanol–water partition coefficient (Wildman–Crippen LogP) is 3.20. The summed E-state index contributed by atoms with van der Waals surface area (Å²) in [5.41, 5.74) is 7.66. The van der Waals surface area contributed by atoms with E-state index >= 15 is 0 Å². The molecule has 0 aromatic heterocycles. The summed E-state index contributed by atoms with van der Waals surface area (Å²) in [4.78, 5) is 11.1. The number of carbonyl (C=O) groups is 1. The van der Waals surface area contributed by atoms with Crippen molar-refractivity contribution < 1.29 is 4.79 Å². The number of nitrogens with one attached hydrogen (secondary N) is 2. The maximum atomic E-state index is 11.1. The Balaban J connectivity index is 2.04. The van der Waals surface area contributed by atoms with Crippen LogP contribution in [-0.2, 0) is 4.79 Å². The van der Waals surface area contributed by atoms with Crippen molar-refractivity contribution in [2.24, 2.45) is 0 Å². The predicted molar refractivity (Wildman–Crippen MR) is 73.5 cm³/mol. The zero-order chi connectivity index (χ0) is 12.8. The van der Waals surface area contributed by atoms with Crippen molar-refractivity contribution in [1.82, 2.24) is 5.43 Å². The van der Waals surface area contributed by atoms with Gasteiger partial charge in [-0.05, 0) is 29.8 Å². The number of carbonyl (C=O) groups excluding carboxylic acids is 1. The van der Waals surface area contributed by atoms with E-state index in [0.29, 0.717) is 5.02 Å². The van der Waals surface area contributed by atoms with Gasteiger partial charge in [-0.1, -0.05) is 41.9 Å². The lowest BCUT2D eigenvalue weighted by molar-refractivity contribution is -0.109. The van der Waals surface area contributed by atoms with Gasteiger partial charge in [-0.3, -0.25) is 0 Å². The van der Waals surface area contributed by atoms with Crippen molar-refractivity contribution in [3.8, 4) is 0 Å². The van der Waals surface area contributed by atoms with Crippen LogP contribution in [0.25, 0.3) is 0 Å². The van der Waals surface area contributed by atoms with E-state index in [1.807, 2.05) is 42.5 Å². The van der Waals surface area contributed by atoms with E-state index in [9.17, 15) is 4.79 Å². The Morgan fingerprint density at radius 1 is 1.06 bits per heavy atom. The molecule has 1 unspecified atom stereocenters. The molecule has 2 aromatic carbocycles. The maximum Gasteiger partial charge on any atom is 0.143 e. The van der Waals surface area contributed by atoms with Gasteiger partial charge in [0.15, 0.2) is 0 Å². The molecule has 0 aliphatic carbocycles. The molecule has 2 rings (SSSR count). The molecule has 18 heavy (non-hydrogen) atoms. The average Bonchev–Trinajstić information content (AvgIpc) is 2.41. The van der Waals surface area contributed by atoms with Crippen LogP contribution in [0.2, 0.25) is 5.02 Å². The van der Waals surface area contributed by atoms with Crippen LogP contribution in [0.1, 0.15) is 11.6 Å². The minimum Gasteiger partial charge on any atom is -0.321 e. The first kappa shape index (κ1) is 12.6. The van der Waals surface area contributed by atoms with Crippen molar-refractivity contribution >= 4 is 23.6 Å². The highest BCUT2D eigenvalue weighted by Gasteiger charge is 2.09. The maximum absolute atomic E-state index is 11.1. The van der Waals surface area contributed by atoms with Gasteiger partial charge in [-0.15, -0.1) is 0 Å². The highest BCUT2D eigenvalue weighted by atomic mass is 35.5. The van der Waals surface area contributed by atoms with Crippen LogP contribution in [0.3, 0.4) is 0 Å². The molecule has 0 amide bonds. The lowest BCUT2D eigenvalue weighted by Gasteiger charge is -2.15. The summed E-state index contributed by atoms with van der Waals surface area (Å²) in [6.45, 7) is 0. The Hall–Kier alpha value is -1.84. The molecule has 0 heterocycles. The first-order chi connectivity index (χ1) is 8.79. The van der Waals surface area contributed by atoms with Gasteiger partial charge in [0.05, 0.1) is 0 Å². The molecule has 0 bridgehead atoms. The Labute approximate surface area is 111 Å². The summed E-state index contributed by atoms with van der Waals surface area (Å²) in [6, 6.07) is 16.3. The van der Waals surface area contributed by atoms with E-state index in [1.54, 1.807) is 12.1 Å². The molecular weight excluding hydrogens is 248 g/mol.